The van der Waals surface area contributed by atoms with Crippen LogP contribution in [0.2, 0.25) is 0 Å². The van der Waals surface area contributed by atoms with Gasteiger partial charge in [-0.15, -0.1) is 0 Å². The molecule has 1 aliphatic carbocycles. The van der Waals surface area contributed by atoms with Crippen molar-refractivity contribution in [2.45, 2.75) is 71.1 Å². The minimum atomic E-state index is -0.343. The van der Waals surface area contributed by atoms with E-state index in [1.54, 1.807) is 12.4 Å². The Kier molecular flexibility index (Phi) is 5.71. The summed E-state index contributed by atoms with van der Waals surface area (Å²) in [6, 6.07) is 1.64. The van der Waals surface area contributed by atoms with E-state index in [9.17, 15) is 4.39 Å². The van der Waals surface area contributed by atoms with Crippen LogP contribution in [0.1, 0.15) is 80.4 Å². The molecule has 5 heteroatoms. The minimum absolute atomic E-state index is 0.142. The molecule has 0 amide bonds. The van der Waals surface area contributed by atoms with Gasteiger partial charge in [0.25, 0.3) is 5.88 Å². The topological polar surface area (TPSA) is 50.8 Å². The minimum Gasteiger partial charge on any atom is -0.476 e. The summed E-state index contributed by atoms with van der Waals surface area (Å²) in [5.74, 6) is 0.427. The summed E-state index contributed by atoms with van der Waals surface area (Å²) < 4.78 is 19.6. The fourth-order valence-electron chi connectivity index (χ4n) is 4.04. The van der Waals surface area contributed by atoms with Gasteiger partial charge in [-0.1, -0.05) is 19.8 Å². The lowest BCUT2D eigenvalue weighted by Crippen LogP contribution is -2.21. The molecule has 0 aliphatic heterocycles. The summed E-state index contributed by atoms with van der Waals surface area (Å²) in [7, 11) is 0. The first-order valence-electron chi connectivity index (χ1n) is 9.47. The quantitative estimate of drug-likeness (QED) is 0.764. The highest BCUT2D eigenvalue weighted by Crippen LogP contribution is 2.44. The van der Waals surface area contributed by atoms with E-state index >= 15 is 0 Å². The summed E-state index contributed by atoms with van der Waals surface area (Å²) in [4.78, 5) is 12.4. The first-order valence-corrected chi connectivity index (χ1v) is 9.47. The zero-order chi connectivity index (χ0) is 17.8. The number of aromatic amines is 1. The molecule has 136 valence electrons. The van der Waals surface area contributed by atoms with E-state index < -0.39 is 0 Å². The van der Waals surface area contributed by atoms with E-state index in [1.165, 1.54) is 5.69 Å². The van der Waals surface area contributed by atoms with Gasteiger partial charge in [-0.3, -0.25) is 0 Å². The molecule has 2 aromatic rings. The number of H-pyrrole nitrogens is 1. The number of nitrogens with one attached hydrogen (secondary N) is 1. The van der Waals surface area contributed by atoms with Crippen molar-refractivity contribution in [1.82, 2.24) is 15.0 Å². The number of rotatable bonds is 7. The van der Waals surface area contributed by atoms with E-state index in [-0.39, 0.29) is 17.6 Å². The maximum atomic E-state index is 14.2. The van der Waals surface area contributed by atoms with Crippen LogP contribution < -0.4 is 4.74 Å². The Balaban J connectivity index is 2.01. The second kappa shape index (κ2) is 7.98. The molecule has 2 aromatic heterocycles. The Bertz CT molecular complexity index is 713. The number of pyridine rings is 1. The summed E-state index contributed by atoms with van der Waals surface area (Å²) in [5.41, 5.74) is 4.32. The molecule has 2 heterocycles. The fourth-order valence-corrected chi connectivity index (χ4v) is 4.04. The van der Waals surface area contributed by atoms with Crippen LogP contribution in [0.3, 0.4) is 0 Å². The second-order valence-electron chi connectivity index (χ2n) is 6.90. The number of imidazole rings is 1. The lowest BCUT2D eigenvalue weighted by Gasteiger charge is -2.32. The van der Waals surface area contributed by atoms with Gasteiger partial charge in [-0.25, -0.2) is 14.4 Å². The van der Waals surface area contributed by atoms with E-state index in [4.69, 9.17) is 4.74 Å². The monoisotopic (exact) mass is 345 g/mol. The van der Waals surface area contributed by atoms with Gasteiger partial charge in [0.2, 0.25) is 0 Å². The van der Waals surface area contributed by atoms with Crippen LogP contribution in [-0.2, 0) is 6.42 Å². The van der Waals surface area contributed by atoms with Crippen LogP contribution in [0, 0.1) is 12.7 Å². The molecule has 1 aliphatic rings. The molecule has 0 spiro atoms. The first kappa shape index (κ1) is 17.9. The number of nitrogens with zero attached hydrogens (tertiary/aromatic N) is 2. The third kappa shape index (κ3) is 3.70. The van der Waals surface area contributed by atoms with Gasteiger partial charge in [0.1, 0.15) is 0 Å². The molecule has 0 saturated heterocycles. The number of hydrogen-bond acceptors (Lipinski definition) is 3. The average molecular weight is 345 g/mol. The van der Waals surface area contributed by atoms with Crippen molar-refractivity contribution in [3.8, 4) is 5.88 Å². The molecule has 2 unspecified atom stereocenters. The highest BCUT2D eigenvalue weighted by molar-refractivity contribution is 5.35. The zero-order valence-electron chi connectivity index (χ0n) is 15.4. The molecule has 25 heavy (non-hydrogen) atoms. The van der Waals surface area contributed by atoms with Crippen LogP contribution in [0.4, 0.5) is 4.39 Å². The van der Waals surface area contributed by atoms with E-state index in [0.717, 1.165) is 55.5 Å². The number of aryl methyl sites for hydroxylation is 2. The summed E-state index contributed by atoms with van der Waals surface area (Å²) in [6.45, 7) is 6.55. The number of aromatic nitrogens is 3. The van der Waals surface area contributed by atoms with Gasteiger partial charge >= 0.3 is 0 Å². The van der Waals surface area contributed by atoms with Crippen molar-refractivity contribution < 1.29 is 9.13 Å². The smallest absolute Gasteiger partial charge is 0.250 e. The Labute approximate surface area is 149 Å². The van der Waals surface area contributed by atoms with Gasteiger partial charge in [0, 0.05) is 17.5 Å². The summed E-state index contributed by atoms with van der Waals surface area (Å²) >= 11 is 0. The standard InChI is InChI=1S/C20H28FN3O/c1-4-6-9-15(18-13(3)22-12-23-18)16-10-7-8-14-11-17(21)20(25-5-2)24-19(14)16/h11-12,15-16H,4-10H2,1-3H3,(H,22,23). The van der Waals surface area contributed by atoms with E-state index in [0.29, 0.717) is 12.5 Å². The number of fused-ring (bicyclic) bond motifs is 1. The van der Waals surface area contributed by atoms with Crippen LogP contribution in [0.15, 0.2) is 12.4 Å². The molecule has 4 nitrogen and oxygen atoms in total. The Morgan fingerprint density at radius 3 is 2.92 bits per heavy atom. The van der Waals surface area contributed by atoms with Crippen LogP contribution in [0.5, 0.6) is 5.88 Å². The van der Waals surface area contributed by atoms with Crippen molar-refractivity contribution in [3.63, 3.8) is 0 Å². The molecule has 3 rings (SSSR count). The van der Waals surface area contributed by atoms with Gasteiger partial charge in [0.05, 0.1) is 24.3 Å². The largest absolute Gasteiger partial charge is 0.476 e. The number of hydrogen-bond donors (Lipinski definition) is 1. The molecule has 0 fully saturated rings. The lowest BCUT2D eigenvalue weighted by atomic mass is 9.75. The first-order chi connectivity index (χ1) is 12.2. The zero-order valence-corrected chi connectivity index (χ0v) is 15.4. The van der Waals surface area contributed by atoms with Crippen LogP contribution in [-0.4, -0.2) is 21.6 Å². The highest BCUT2D eigenvalue weighted by Gasteiger charge is 2.33. The summed E-state index contributed by atoms with van der Waals surface area (Å²) in [6.07, 6.45) is 8.22. The Hall–Kier alpha value is -1.91. The molecular weight excluding hydrogens is 317 g/mol. The Morgan fingerprint density at radius 1 is 1.40 bits per heavy atom. The molecule has 0 bridgehead atoms. The average Bonchev–Trinajstić information content (AvgIpc) is 3.02. The molecule has 0 saturated carbocycles. The number of halogens is 1. The molecule has 0 aromatic carbocycles. The predicted octanol–water partition coefficient (Wildman–Crippen LogP) is 5.04. The Morgan fingerprint density at radius 2 is 2.24 bits per heavy atom. The number of unbranched alkanes of at least 4 members (excludes halogenated alkanes) is 1. The van der Waals surface area contributed by atoms with Gasteiger partial charge < -0.3 is 9.72 Å². The molecular formula is C20H28FN3O. The van der Waals surface area contributed by atoms with Gasteiger partial charge in [-0.2, -0.15) is 0 Å². The van der Waals surface area contributed by atoms with Gasteiger partial charge in [0.15, 0.2) is 5.82 Å². The maximum absolute atomic E-state index is 14.2. The lowest BCUT2D eigenvalue weighted by molar-refractivity contribution is 0.301. The third-order valence-corrected chi connectivity index (χ3v) is 5.24. The van der Waals surface area contributed by atoms with Crippen molar-refractivity contribution in [2.75, 3.05) is 6.61 Å². The SMILES string of the molecule is CCCCC(c1[nH]cnc1C)C1CCCc2cc(F)c(OCC)nc21. The normalized spacial score (nSPS) is 18.0. The predicted molar refractivity (Wildman–Crippen MR) is 96.6 cm³/mol. The maximum Gasteiger partial charge on any atom is 0.250 e. The van der Waals surface area contributed by atoms with Crippen LogP contribution >= 0.6 is 0 Å². The van der Waals surface area contributed by atoms with E-state index in [2.05, 4.69) is 28.8 Å². The van der Waals surface area contributed by atoms with Crippen molar-refractivity contribution in [3.05, 3.63) is 40.9 Å². The molecule has 1 N–H and O–H groups in total. The van der Waals surface area contributed by atoms with Gasteiger partial charge in [-0.05, 0) is 51.2 Å². The highest BCUT2D eigenvalue weighted by atomic mass is 19.1. The fraction of sp³-hybridized carbons (Fsp3) is 0.600. The molecule has 2 atom stereocenters. The summed E-state index contributed by atoms with van der Waals surface area (Å²) in [5, 5.41) is 0. The van der Waals surface area contributed by atoms with E-state index in [1.807, 2.05) is 6.92 Å². The second-order valence-corrected chi connectivity index (χ2v) is 6.90. The van der Waals surface area contributed by atoms with Crippen LogP contribution in [0.25, 0.3) is 0 Å². The molecule has 0 radical (unpaired) electrons. The number of ether oxygens (including phenoxy) is 1. The third-order valence-electron chi connectivity index (χ3n) is 5.24. The van der Waals surface area contributed by atoms with Crippen molar-refractivity contribution >= 4 is 0 Å². The van der Waals surface area contributed by atoms with Crippen molar-refractivity contribution in [2.24, 2.45) is 0 Å². The van der Waals surface area contributed by atoms with Crippen molar-refractivity contribution in [1.29, 1.82) is 0 Å².